The lowest BCUT2D eigenvalue weighted by atomic mass is 9.90. The zero-order chi connectivity index (χ0) is 22.3. The summed E-state index contributed by atoms with van der Waals surface area (Å²) in [5.41, 5.74) is 4.82. The van der Waals surface area contributed by atoms with Gasteiger partial charge in [0.2, 0.25) is 5.91 Å². The molecule has 0 bridgehead atoms. The third-order valence-corrected chi connectivity index (χ3v) is 7.26. The number of esters is 1. The average molecular weight is 463 g/mol. The highest BCUT2D eigenvalue weighted by Crippen LogP contribution is 2.41. The average Bonchev–Trinajstić information content (AvgIpc) is 3.47. The molecular formula is C20H26N6O3S2. The fourth-order valence-electron chi connectivity index (χ4n) is 4.10. The van der Waals surface area contributed by atoms with Crippen molar-refractivity contribution in [1.29, 1.82) is 0 Å². The lowest BCUT2D eigenvalue weighted by Crippen LogP contribution is -2.51. The van der Waals surface area contributed by atoms with E-state index in [1.165, 1.54) is 18.4 Å². The number of aryl methyl sites for hydroxylation is 3. The first kappa shape index (κ1) is 21.7. The van der Waals surface area contributed by atoms with E-state index in [0.29, 0.717) is 22.1 Å². The molecule has 2 aromatic rings. The molecule has 4 N–H and O–H groups in total. The number of ether oxygens (including phenoxy) is 1. The number of rotatable bonds is 5. The molecule has 31 heavy (non-hydrogen) atoms. The van der Waals surface area contributed by atoms with E-state index in [4.69, 9.17) is 22.8 Å². The summed E-state index contributed by atoms with van der Waals surface area (Å²) >= 11 is 6.98. The number of carbonyl (C=O) groups excluding carboxylic acids is 2. The minimum absolute atomic E-state index is 0.0270. The summed E-state index contributed by atoms with van der Waals surface area (Å²) in [6.45, 7) is 1.92. The molecule has 1 fully saturated rings. The van der Waals surface area contributed by atoms with Crippen LogP contribution in [0.5, 0.6) is 0 Å². The number of methoxy groups -OCH3 is 1. The molecule has 166 valence electrons. The van der Waals surface area contributed by atoms with Gasteiger partial charge in [0.05, 0.1) is 18.4 Å². The van der Waals surface area contributed by atoms with Gasteiger partial charge in [0, 0.05) is 30.0 Å². The topological polar surface area (TPSA) is 115 Å². The minimum Gasteiger partial charge on any atom is -0.465 e. The largest absolute Gasteiger partial charge is 0.465 e. The van der Waals surface area contributed by atoms with Crippen molar-refractivity contribution in [2.75, 3.05) is 17.3 Å². The standard InChI is InChI=1S/C20H26N6O3S2/c1-10-8-15(25(2)24-10)26(20(30)23-21)12-6-7-14-13(9-12)16(19(28)29-3)18(31-14)22-17(27)11-4-5-11/h8,11-12H,4-7,9,21H2,1-3H3,(H,22,27)(H,23,30). The number of carbonyl (C=O) groups is 2. The van der Waals surface area contributed by atoms with Gasteiger partial charge in [0.1, 0.15) is 10.8 Å². The Bertz CT molecular complexity index is 1040. The van der Waals surface area contributed by atoms with Crippen molar-refractivity contribution in [3.05, 3.63) is 27.8 Å². The van der Waals surface area contributed by atoms with E-state index < -0.39 is 5.97 Å². The first-order valence-corrected chi connectivity index (χ1v) is 11.4. The van der Waals surface area contributed by atoms with Gasteiger partial charge in [-0.25, -0.2) is 10.6 Å². The van der Waals surface area contributed by atoms with Gasteiger partial charge < -0.3 is 15.5 Å². The molecule has 1 amide bonds. The van der Waals surface area contributed by atoms with Crippen LogP contribution in [0.15, 0.2) is 6.07 Å². The number of hydrazine groups is 1. The van der Waals surface area contributed by atoms with Crippen LogP contribution >= 0.6 is 23.6 Å². The molecule has 0 aromatic carbocycles. The van der Waals surface area contributed by atoms with Crippen molar-refractivity contribution in [3.63, 3.8) is 0 Å². The summed E-state index contributed by atoms with van der Waals surface area (Å²) < 4.78 is 6.83. The summed E-state index contributed by atoms with van der Waals surface area (Å²) in [7, 11) is 3.22. The lowest BCUT2D eigenvalue weighted by molar-refractivity contribution is -0.117. The van der Waals surface area contributed by atoms with Crippen LogP contribution in [0, 0.1) is 12.8 Å². The Labute approximate surface area is 189 Å². The Kier molecular flexibility index (Phi) is 6.00. The molecule has 0 spiro atoms. The molecule has 2 heterocycles. The highest BCUT2D eigenvalue weighted by Gasteiger charge is 2.36. The van der Waals surface area contributed by atoms with Crippen LogP contribution in [0.25, 0.3) is 0 Å². The van der Waals surface area contributed by atoms with Crippen molar-refractivity contribution in [2.45, 2.75) is 45.1 Å². The summed E-state index contributed by atoms with van der Waals surface area (Å²) in [6, 6.07) is 1.92. The number of anilines is 2. The van der Waals surface area contributed by atoms with E-state index in [1.54, 1.807) is 4.68 Å². The fourth-order valence-corrected chi connectivity index (χ4v) is 5.58. The molecule has 0 aliphatic heterocycles. The molecule has 0 saturated heterocycles. The summed E-state index contributed by atoms with van der Waals surface area (Å²) in [5.74, 6) is 6.09. The molecule has 9 nitrogen and oxygen atoms in total. The van der Waals surface area contributed by atoms with Crippen molar-refractivity contribution < 1.29 is 14.3 Å². The number of hydrogen-bond acceptors (Lipinski definition) is 7. The van der Waals surface area contributed by atoms with Gasteiger partial charge in [-0.3, -0.25) is 14.4 Å². The molecule has 1 saturated carbocycles. The monoisotopic (exact) mass is 462 g/mol. The maximum Gasteiger partial charge on any atom is 0.341 e. The molecule has 1 unspecified atom stereocenters. The van der Waals surface area contributed by atoms with Crippen LogP contribution in [0.2, 0.25) is 0 Å². The Balaban J connectivity index is 1.69. The number of amides is 1. The van der Waals surface area contributed by atoms with Gasteiger partial charge >= 0.3 is 5.97 Å². The van der Waals surface area contributed by atoms with Crippen LogP contribution < -0.4 is 21.5 Å². The molecule has 2 aliphatic rings. The number of nitrogens with two attached hydrogens (primary N) is 1. The number of nitrogens with zero attached hydrogens (tertiary/aromatic N) is 3. The number of fused-ring (bicyclic) bond motifs is 1. The Hall–Kier alpha value is -2.50. The van der Waals surface area contributed by atoms with E-state index >= 15 is 0 Å². The quantitative estimate of drug-likeness (QED) is 0.268. The lowest BCUT2D eigenvalue weighted by Gasteiger charge is -2.35. The zero-order valence-corrected chi connectivity index (χ0v) is 19.4. The second-order valence-corrected chi connectivity index (χ2v) is 9.44. The summed E-state index contributed by atoms with van der Waals surface area (Å²) in [4.78, 5) is 28.1. The van der Waals surface area contributed by atoms with Crippen LogP contribution in [0.3, 0.4) is 0 Å². The third kappa shape index (κ3) is 4.17. The van der Waals surface area contributed by atoms with Gasteiger partial charge in [-0.15, -0.1) is 11.3 Å². The SMILES string of the molecule is COC(=O)c1c(NC(=O)C2CC2)sc2c1CC(N(C(=S)NN)c1cc(C)nn1C)CC2. The predicted octanol–water partition coefficient (Wildman–Crippen LogP) is 2.04. The van der Waals surface area contributed by atoms with Crippen molar-refractivity contribution in [3.8, 4) is 0 Å². The van der Waals surface area contributed by atoms with Gasteiger partial charge in [-0.2, -0.15) is 5.10 Å². The Morgan fingerprint density at radius 3 is 2.71 bits per heavy atom. The second kappa shape index (κ2) is 8.56. The molecule has 1 atom stereocenters. The van der Waals surface area contributed by atoms with Crippen molar-refractivity contribution >= 4 is 51.4 Å². The Morgan fingerprint density at radius 2 is 2.13 bits per heavy atom. The highest BCUT2D eigenvalue weighted by molar-refractivity contribution is 7.80. The van der Waals surface area contributed by atoms with E-state index in [9.17, 15) is 9.59 Å². The van der Waals surface area contributed by atoms with Crippen LogP contribution in [0.1, 0.15) is 45.8 Å². The Morgan fingerprint density at radius 1 is 1.39 bits per heavy atom. The summed E-state index contributed by atoms with van der Waals surface area (Å²) in [5, 5.41) is 8.36. The predicted molar refractivity (Wildman–Crippen MR) is 123 cm³/mol. The number of hydrogen-bond donors (Lipinski definition) is 3. The third-order valence-electron chi connectivity index (χ3n) is 5.74. The normalized spacial score (nSPS) is 17.6. The number of nitrogens with one attached hydrogen (secondary N) is 2. The van der Waals surface area contributed by atoms with E-state index in [2.05, 4.69) is 15.8 Å². The molecule has 0 radical (unpaired) electrons. The van der Waals surface area contributed by atoms with Gasteiger partial charge in [0.15, 0.2) is 5.11 Å². The maximum atomic E-state index is 12.7. The molecule has 4 rings (SSSR count). The highest BCUT2D eigenvalue weighted by atomic mass is 32.1. The number of thiophene rings is 1. The second-order valence-electron chi connectivity index (χ2n) is 7.95. The fraction of sp³-hybridized carbons (Fsp3) is 0.500. The minimum atomic E-state index is -0.438. The van der Waals surface area contributed by atoms with E-state index in [0.717, 1.165) is 47.6 Å². The summed E-state index contributed by atoms with van der Waals surface area (Å²) in [6.07, 6.45) is 3.94. The van der Waals surface area contributed by atoms with Crippen LogP contribution in [0.4, 0.5) is 10.8 Å². The maximum absolute atomic E-state index is 12.7. The smallest absolute Gasteiger partial charge is 0.341 e. The molecule has 2 aromatic heterocycles. The first-order chi connectivity index (χ1) is 14.8. The number of aromatic nitrogens is 2. The van der Waals surface area contributed by atoms with Gasteiger partial charge in [0.25, 0.3) is 0 Å². The molecular weight excluding hydrogens is 436 g/mol. The zero-order valence-electron chi connectivity index (χ0n) is 17.7. The molecule has 11 heteroatoms. The van der Waals surface area contributed by atoms with Crippen molar-refractivity contribution in [1.82, 2.24) is 15.2 Å². The van der Waals surface area contributed by atoms with E-state index in [1.807, 2.05) is 24.9 Å². The number of thiocarbonyl (C=S) groups is 1. The van der Waals surface area contributed by atoms with Crippen LogP contribution in [-0.2, 0) is 29.4 Å². The van der Waals surface area contributed by atoms with Crippen LogP contribution in [-0.4, -0.2) is 39.9 Å². The van der Waals surface area contributed by atoms with E-state index in [-0.39, 0.29) is 17.9 Å². The van der Waals surface area contributed by atoms with Gasteiger partial charge in [-0.05, 0) is 56.8 Å². The first-order valence-electron chi connectivity index (χ1n) is 10.2. The van der Waals surface area contributed by atoms with Crippen molar-refractivity contribution in [2.24, 2.45) is 18.8 Å². The molecule has 2 aliphatic carbocycles. The van der Waals surface area contributed by atoms with Gasteiger partial charge in [-0.1, -0.05) is 0 Å².